The molecule has 7 heteroatoms. The van der Waals surface area contributed by atoms with Gasteiger partial charge in [0.25, 0.3) is 0 Å². The van der Waals surface area contributed by atoms with E-state index in [4.69, 9.17) is 0 Å². The van der Waals surface area contributed by atoms with Crippen LogP contribution in [0.1, 0.15) is 49.0 Å². The van der Waals surface area contributed by atoms with Gasteiger partial charge in [0.05, 0.1) is 10.3 Å². The van der Waals surface area contributed by atoms with Crippen LogP contribution >= 0.6 is 11.3 Å². The zero-order valence-corrected chi connectivity index (χ0v) is 17.9. The van der Waals surface area contributed by atoms with Gasteiger partial charge >= 0.3 is 0 Å². The summed E-state index contributed by atoms with van der Waals surface area (Å²) in [7, 11) is -3.25. The minimum Gasteiger partial charge on any atom is -0.301 e. The maximum absolute atomic E-state index is 13.4. The number of aromatic nitrogens is 1. The Hall–Kier alpha value is -1.73. The van der Waals surface area contributed by atoms with Crippen molar-refractivity contribution in [2.45, 2.75) is 55.8 Å². The first kappa shape index (κ1) is 19.6. The second kappa shape index (κ2) is 7.26. The first-order chi connectivity index (χ1) is 13.3. The molecular formula is C21H26N2O3S2. The van der Waals surface area contributed by atoms with Gasteiger partial charge in [0.2, 0.25) is 5.91 Å². The summed E-state index contributed by atoms with van der Waals surface area (Å²) in [4.78, 5) is 19.0. The summed E-state index contributed by atoms with van der Waals surface area (Å²) in [5.74, 6) is 0.870. The Bertz CT molecular complexity index is 975. The number of nitrogens with one attached hydrogen (secondary N) is 1. The molecule has 0 unspecified atom stereocenters. The maximum atomic E-state index is 13.4. The molecule has 5 nitrogen and oxygen atoms in total. The van der Waals surface area contributed by atoms with Crippen molar-refractivity contribution in [1.82, 2.24) is 4.98 Å². The highest BCUT2D eigenvalue weighted by atomic mass is 32.2. The van der Waals surface area contributed by atoms with Crippen molar-refractivity contribution in [2.75, 3.05) is 11.6 Å². The van der Waals surface area contributed by atoms with Crippen molar-refractivity contribution in [3.05, 3.63) is 40.9 Å². The van der Waals surface area contributed by atoms with Crippen LogP contribution in [0.3, 0.4) is 0 Å². The number of rotatable bonds is 5. The predicted octanol–water partition coefficient (Wildman–Crippen LogP) is 4.33. The van der Waals surface area contributed by atoms with E-state index in [1.54, 1.807) is 18.3 Å². The minimum atomic E-state index is -3.25. The Morgan fingerprint density at radius 2 is 1.86 bits per heavy atom. The van der Waals surface area contributed by atoms with Crippen molar-refractivity contribution >= 4 is 32.2 Å². The number of hydrogen-bond acceptors (Lipinski definition) is 5. The van der Waals surface area contributed by atoms with Crippen LogP contribution in [0, 0.1) is 18.8 Å². The lowest BCUT2D eigenvalue weighted by Crippen LogP contribution is -2.32. The first-order valence-corrected chi connectivity index (χ1v) is 12.6. The van der Waals surface area contributed by atoms with Crippen molar-refractivity contribution in [2.24, 2.45) is 11.8 Å². The quantitative estimate of drug-likeness (QED) is 0.784. The maximum Gasteiger partial charge on any atom is 0.237 e. The number of anilines is 1. The second-order valence-electron chi connectivity index (χ2n) is 8.21. The number of aryl methyl sites for hydroxylation is 1. The summed E-state index contributed by atoms with van der Waals surface area (Å²) in [6.07, 6.45) is 9.90. The number of thiazole rings is 1. The van der Waals surface area contributed by atoms with E-state index in [-0.39, 0.29) is 10.8 Å². The molecule has 28 heavy (non-hydrogen) atoms. The molecule has 2 aromatic rings. The minimum absolute atomic E-state index is 0.00970. The lowest BCUT2D eigenvalue weighted by molar-refractivity contribution is -0.119. The molecule has 150 valence electrons. The molecular weight excluding hydrogens is 392 g/mol. The molecule has 1 aromatic carbocycles. The number of benzene rings is 1. The number of carbonyl (C=O) groups is 1. The Balaban J connectivity index is 1.65. The molecule has 0 radical (unpaired) electrons. The summed E-state index contributed by atoms with van der Waals surface area (Å²) in [6, 6.07) is 6.91. The largest absolute Gasteiger partial charge is 0.301 e. The highest BCUT2D eigenvalue weighted by Gasteiger charge is 2.63. The Labute approximate surface area is 170 Å². The van der Waals surface area contributed by atoms with Gasteiger partial charge in [0, 0.05) is 17.3 Å². The molecule has 2 fully saturated rings. The molecule has 2 atom stereocenters. The fraction of sp³-hybridized carbons (Fsp3) is 0.524. The van der Waals surface area contributed by atoms with Crippen LogP contribution < -0.4 is 5.32 Å². The van der Waals surface area contributed by atoms with Gasteiger partial charge in [0.15, 0.2) is 15.0 Å². The third-order valence-corrected chi connectivity index (χ3v) is 8.23. The molecule has 0 bridgehead atoms. The molecule has 1 heterocycles. The molecule has 0 spiro atoms. The van der Waals surface area contributed by atoms with Crippen molar-refractivity contribution in [3.8, 4) is 0 Å². The van der Waals surface area contributed by atoms with Gasteiger partial charge in [0.1, 0.15) is 0 Å². The lowest BCUT2D eigenvalue weighted by atomic mass is 9.80. The SMILES string of the molecule is Cc1cnc(NC(=O)[C@]2(c3ccc(S(C)(=O)=O)cc3)C[C@H]2C2CCCCC2)s1. The lowest BCUT2D eigenvalue weighted by Gasteiger charge is -2.25. The first-order valence-electron chi connectivity index (χ1n) is 9.85. The Morgan fingerprint density at radius 3 is 2.43 bits per heavy atom. The summed E-state index contributed by atoms with van der Waals surface area (Å²) < 4.78 is 23.6. The third kappa shape index (κ3) is 3.62. The number of hydrogen-bond donors (Lipinski definition) is 1. The van der Waals surface area contributed by atoms with Crippen molar-refractivity contribution in [3.63, 3.8) is 0 Å². The van der Waals surface area contributed by atoms with E-state index in [9.17, 15) is 13.2 Å². The van der Waals surface area contributed by atoms with Crippen LogP contribution in [-0.4, -0.2) is 25.6 Å². The normalized spacial score (nSPS) is 25.4. The van der Waals surface area contributed by atoms with Gasteiger partial charge in [-0.25, -0.2) is 13.4 Å². The third-order valence-electron chi connectivity index (χ3n) is 6.28. The van der Waals surface area contributed by atoms with E-state index in [1.807, 2.05) is 19.1 Å². The van der Waals surface area contributed by atoms with E-state index in [0.29, 0.717) is 17.0 Å². The Morgan fingerprint density at radius 1 is 1.18 bits per heavy atom. The molecule has 2 aliphatic rings. The zero-order valence-electron chi connectivity index (χ0n) is 16.3. The summed E-state index contributed by atoms with van der Waals surface area (Å²) in [5, 5.41) is 3.66. The van der Waals surface area contributed by atoms with E-state index >= 15 is 0 Å². The zero-order chi connectivity index (χ0) is 19.9. The van der Waals surface area contributed by atoms with E-state index in [0.717, 1.165) is 16.9 Å². The molecule has 1 aromatic heterocycles. The van der Waals surface area contributed by atoms with Crippen molar-refractivity contribution in [1.29, 1.82) is 0 Å². The molecule has 1 amide bonds. The fourth-order valence-electron chi connectivity index (χ4n) is 4.74. The molecule has 0 saturated heterocycles. The van der Waals surface area contributed by atoms with Gasteiger partial charge in [-0.15, -0.1) is 11.3 Å². The van der Waals surface area contributed by atoms with Crippen molar-refractivity contribution < 1.29 is 13.2 Å². The monoisotopic (exact) mass is 418 g/mol. The van der Waals surface area contributed by atoms with Gasteiger partial charge in [-0.1, -0.05) is 44.2 Å². The van der Waals surface area contributed by atoms with Crippen LogP contribution in [0.4, 0.5) is 5.13 Å². The molecule has 4 rings (SSSR count). The van der Waals surface area contributed by atoms with Crippen LogP contribution in [0.25, 0.3) is 0 Å². The standard InChI is InChI=1S/C21H26N2O3S2/c1-14-13-22-20(27-14)23-19(24)21(12-18(21)15-6-4-3-5-7-15)16-8-10-17(11-9-16)28(2,25)26/h8-11,13,15,18H,3-7,12H2,1-2H3,(H,22,23,24)/t18-,21-/m0/s1. The average molecular weight is 419 g/mol. The Kier molecular flexibility index (Phi) is 5.08. The molecule has 2 saturated carbocycles. The second-order valence-corrected chi connectivity index (χ2v) is 11.5. The predicted molar refractivity (Wildman–Crippen MR) is 111 cm³/mol. The molecule has 1 N–H and O–H groups in total. The van der Waals surface area contributed by atoms with Crippen LogP contribution in [0.15, 0.2) is 35.4 Å². The highest BCUT2D eigenvalue weighted by molar-refractivity contribution is 7.90. The number of amides is 1. The van der Waals surface area contributed by atoms with E-state index < -0.39 is 15.3 Å². The van der Waals surface area contributed by atoms with Crippen LogP contribution in [-0.2, 0) is 20.0 Å². The number of carbonyl (C=O) groups excluding carboxylic acids is 1. The topological polar surface area (TPSA) is 76.1 Å². The fourth-order valence-corrected chi connectivity index (χ4v) is 6.03. The summed E-state index contributed by atoms with van der Waals surface area (Å²) in [5.41, 5.74) is 0.346. The number of nitrogens with zero attached hydrogens (tertiary/aromatic N) is 1. The van der Waals surface area contributed by atoms with Gasteiger partial charge in [-0.2, -0.15) is 0 Å². The van der Waals surface area contributed by atoms with E-state index in [2.05, 4.69) is 10.3 Å². The van der Waals surface area contributed by atoms with Gasteiger partial charge in [-0.05, 0) is 42.9 Å². The van der Waals surface area contributed by atoms with Crippen LogP contribution in [0.2, 0.25) is 0 Å². The molecule has 0 aliphatic heterocycles. The average Bonchev–Trinajstić information content (AvgIpc) is 3.32. The van der Waals surface area contributed by atoms with Gasteiger partial charge < -0.3 is 5.32 Å². The molecule has 2 aliphatic carbocycles. The number of sulfone groups is 1. The highest BCUT2D eigenvalue weighted by Crippen LogP contribution is 2.61. The summed E-state index contributed by atoms with van der Waals surface area (Å²) >= 11 is 1.48. The summed E-state index contributed by atoms with van der Waals surface area (Å²) in [6.45, 7) is 1.97. The van der Waals surface area contributed by atoms with E-state index in [1.165, 1.54) is 49.7 Å². The van der Waals surface area contributed by atoms with Crippen LogP contribution in [0.5, 0.6) is 0 Å². The smallest absolute Gasteiger partial charge is 0.237 e. The van der Waals surface area contributed by atoms with Gasteiger partial charge in [-0.3, -0.25) is 4.79 Å².